The van der Waals surface area contributed by atoms with Crippen LogP contribution in [0.4, 0.5) is 0 Å². The maximum Gasteiger partial charge on any atom is 0.331 e. The van der Waals surface area contributed by atoms with Crippen LogP contribution in [-0.4, -0.2) is 39.7 Å². The molecule has 0 aliphatic rings. The number of aromatic nitrogens is 2. The molecule has 2 aromatic carbocycles. The van der Waals surface area contributed by atoms with E-state index in [4.69, 9.17) is 4.74 Å². The number of rotatable bonds is 9. The van der Waals surface area contributed by atoms with Gasteiger partial charge < -0.3 is 9.64 Å². The summed E-state index contributed by atoms with van der Waals surface area (Å²) in [5, 5.41) is 4.61. The Morgan fingerprint density at radius 3 is 2.36 bits per heavy atom. The van der Waals surface area contributed by atoms with E-state index in [0.29, 0.717) is 19.6 Å². The summed E-state index contributed by atoms with van der Waals surface area (Å²) in [6.07, 6.45) is 3.06. The molecule has 0 saturated carbocycles. The van der Waals surface area contributed by atoms with Gasteiger partial charge >= 0.3 is 5.97 Å². The topological polar surface area (TPSA) is 64.4 Å². The Morgan fingerprint density at radius 2 is 1.70 bits per heavy atom. The summed E-state index contributed by atoms with van der Waals surface area (Å²) in [4.78, 5) is 26.4. The third-order valence-electron chi connectivity index (χ3n) is 5.57. The van der Waals surface area contributed by atoms with Crippen molar-refractivity contribution in [2.24, 2.45) is 0 Å². The monoisotopic (exact) mass is 445 g/mol. The molecule has 3 aromatic rings. The van der Waals surface area contributed by atoms with E-state index in [1.807, 2.05) is 55.8 Å². The molecule has 0 fully saturated rings. The molecule has 172 valence electrons. The van der Waals surface area contributed by atoms with Crippen LogP contribution in [0.3, 0.4) is 0 Å². The van der Waals surface area contributed by atoms with Gasteiger partial charge in [-0.2, -0.15) is 5.10 Å². The van der Waals surface area contributed by atoms with E-state index in [1.54, 1.807) is 11.0 Å². The zero-order valence-corrected chi connectivity index (χ0v) is 19.7. The highest BCUT2D eigenvalue weighted by molar-refractivity contribution is 5.89. The average molecular weight is 446 g/mol. The van der Waals surface area contributed by atoms with Gasteiger partial charge in [0.15, 0.2) is 6.61 Å². The first-order chi connectivity index (χ1) is 15.9. The highest BCUT2D eigenvalue weighted by Crippen LogP contribution is 2.17. The van der Waals surface area contributed by atoms with Crippen LogP contribution in [0.5, 0.6) is 0 Å². The summed E-state index contributed by atoms with van der Waals surface area (Å²) in [6, 6.07) is 18.1. The van der Waals surface area contributed by atoms with Crippen molar-refractivity contribution in [3.8, 4) is 0 Å². The van der Waals surface area contributed by atoms with Gasteiger partial charge in [0.05, 0.1) is 12.2 Å². The lowest BCUT2D eigenvalue weighted by molar-refractivity contribution is -0.148. The molecule has 1 heterocycles. The molecular formula is C27H31N3O3. The maximum atomic E-state index is 12.5. The fourth-order valence-electron chi connectivity index (χ4n) is 3.58. The molecule has 3 rings (SSSR count). The predicted molar refractivity (Wildman–Crippen MR) is 130 cm³/mol. The summed E-state index contributed by atoms with van der Waals surface area (Å²) in [5.41, 5.74) is 6.09. The highest BCUT2D eigenvalue weighted by atomic mass is 16.5. The molecule has 0 atom stereocenters. The van der Waals surface area contributed by atoms with Crippen LogP contribution >= 0.6 is 0 Å². The zero-order chi connectivity index (χ0) is 23.8. The number of nitrogens with zero attached hydrogens (tertiary/aromatic N) is 3. The second kappa shape index (κ2) is 11.3. The van der Waals surface area contributed by atoms with Crippen LogP contribution in [0.15, 0.2) is 60.7 Å². The Hall–Kier alpha value is -3.67. The van der Waals surface area contributed by atoms with E-state index < -0.39 is 5.97 Å². The second-order valence-electron chi connectivity index (χ2n) is 8.06. The van der Waals surface area contributed by atoms with Gasteiger partial charge in [0, 0.05) is 30.4 Å². The van der Waals surface area contributed by atoms with Gasteiger partial charge in [0.25, 0.3) is 5.91 Å². The molecule has 1 amide bonds. The molecule has 0 N–H and O–H groups in total. The Bertz CT molecular complexity index is 1120. The van der Waals surface area contributed by atoms with Crippen molar-refractivity contribution in [3.05, 3.63) is 94.3 Å². The molecule has 0 aliphatic heterocycles. The molecular weight excluding hydrogens is 414 g/mol. The summed E-state index contributed by atoms with van der Waals surface area (Å²) in [5.74, 6) is -0.773. The molecule has 33 heavy (non-hydrogen) atoms. The number of ether oxygens (including phenoxy) is 1. The third-order valence-corrected chi connectivity index (χ3v) is 5.57. The quantitative estimate of drug-likeness (QED) is 0.360. The summed E-state index contributed by atoms with van der Waals surface area (Å²) >= 11 is 0. The minimum absolute atomic E-state index is 0.221. The van der Waals surface area contributed by atoms with Crippen molar-refractivity contribution in [1.29, 1.82) is 0 Å². The van der Waals surface area contributed by atoms with Gasteiger partial charge in [-0.15, -0.1) is 0 Å². The van der Waals surface area contributed by atoms with Crippen LogP contribution < -0.4 is 0 Å². The Labute approximate surface area is 195 Å². The van der Waals surface area contributed by atoms with Crippen molar-refractivity contribution >= 4 is 18.0 Å². The number of aryl methyl sites for hydroxylation is 2. The number of likely N-dealkylation sites (N-methyl/N-ethyl adjacent to an activating group) is 1. The van der Waals surface area contributed by atoms with Crippen molar-refractivity contribution < 1.29 is 14.3 Å². The Balaban J connectivity index is 1.57. The van der Waals surface area contributed by atoms with Crippen LogP contribution in [0, 0.1) is 20.8 Å². The van der Waals surface area contributed by atoms with Gasteiger partial charge in [-0.25, -0.2) is 4.79 Å². The van der Waals surface area contributed by atoms with E-state index in [2.05, 4.69) is 36.3 Å². The molecule has 1 aromatic heterocycles. The third kappa shape index (κ3) is 6.65. The van der Waals surface area contributed by atoms with Crippen molar-refractivity contribution in [2.45, 2.75) is 40.8 Å². The number of amides is 1. The molecule has 0 aliphatic carbocycles. The van der Waals surface area contributed by atoms with E-state index in [9.17, 15) is 9.59 Å². The van der Waals surface area contributed by atoms with Gasteiger partial charge in [0.1, 0.15) is 0 Å². The highest BCUT2D eigenvalue weighted by Gasteiger charge is 2.14. The standard InChI is InChI=1S/C27H31N3O3/c1-5-29(17-23-9-7-6-8-10-23)26(31)19-33-27(32)16-15-25-21(3)28-30(22(25)4)18-24-13-11-20(2)12-14-24/h6-16H,5,17-19H2,1-4H3/b16-15+. The number of carbonyl (C=O) groups is 2. The van der Waals surface area contributed by atoms with Gasteiger partial charge in [-0.05, 0) is 44.9 Å². The fourth-order valence-corrected chi connectivity index (χ4v) is 3.58. The molecule has 0 bridgehead atoms. The molecule has 6 heteroatoms. The number of esters is 1. The lowest BCUT2D eigenvalue weighted by Gasteiger charge is -2.20. The molecule has 6 nitrogen and oxygen atoms in total. The number of hydrogen-bond acceptors (Lipinski definition) is 4. The zero-order valence-electron chi connectivity index (χ0n) is 19.7. The Kier molecular flexibility index (Phi) is 8.19. The van der Waals surface area contributed by atoms with Gasteiger partial charge in [-0.1, -0.05) is 60.2 Å². The smallest absolute Gasteiger partial charge is 0.331 e. The summed E-state index contributed by atoms with van der Waals surface area (Å²) < 4.78 is 7.12. The summed E-state index contributed by atoms with van der Waals surface area (Å²) in [7, 11) is 0. The predicted octanol–water partition coefficient (Wildman–Crippen LogP) is 4.46. The number of hydrogen-bond donors (Lipinski definition) is 0. The molecule has 0 spiro atoms. The Morgan fingerprint density at radius 1 is 1.00 bits per heavy atom. The minimum Gasteiger partial charge on any atom is -0.452 e. The first kappa shape index (κ1) is 24.0. The second-order valence-corrected chi connectivity index (χ2v) is 8.06. The van der Waals surface area contributed by atoms with Gasteiger partial charge in [0.2, 0.25) is 0 Å². The van der Waals surface area contributed by atoms with E-state index in [-0.39, 0.29) is 12.5 Å². The molecule has 0 unspecified atom stereocenters. The van der Waals surface area contributed by atoms with E-state index >= 15 is 0 Å². The van der Waals surface area contributed by atoms with E-state index in [1.165, 1.54) is 11.6 Å². The largest absolute Gasteiger partial charge is 0.452 e. The normalized spacial score (nSPS) is 11.0. The summed E-state index contributed by atoms with van der Waals surface area (Å²) in [6.45, 7) is 9.26. The number of benzene rings is 2. The SMILES string of the molecule is CCN(Cc1ccccc1)C(=O)COC(=O)/C=C/c1c(C)nn(Cc2ccc(C)cc2)c1C. The molecule has 0 saturated heterocycles. The van der Waals surface area contributed by atoms with Crippen LogP contribution in [-0.2, 0) is 27.4 Å². The van der Waals surface area contributed by atoms with Crippen LogP contribution in [0.25, 0.3) is 6.08 Å². The first-order valence-corrected chi connectivity index (χ1v) is 11.1. The van der Waals surface area contributed by atoms with Crippen LogP contribution in [0.1, 0.15) is 40.6 Å². The van der Waals surface area contributed by atoms with Crippen LogP contribution in [0.2, 0.25) is 0 Å². The number of carbonyl (C=O) groups excluding carboxylic acids is 2. The fraction of sp³-hybridized carbons (Fsp3) is 0.296. The van der Waals surface area contributed by atoms with Gasteiger partial charge in [-0.3, -0.25) is 9.48 Å². The van der Waals surface area contributed by atoms with Crippen molar-refractivity contribution in [3.63, 3.8) is 0 Å². The molecule has 0 radical (unpaired) electrons. The lowest BCUT2D eigenvalue weighted by atomic mass is 10.1. The lowest BCUT2D eigenvalue weighted by Crippen LogP contribution is -2.33. The van der Waals surface area contributed by atoms with E-state index in [0.717, 1.165) is 28.1 Å². The van der Waals surface area contributed by atoms with Crippen molar-refractivity contribution in [1.82, 2.24) is 14.7 Å². The van der Waals surface area contributed by atoms with Crippen molar-refractivity contribution in [2.75, 3.05) is 13.2 Å². The maximum absolute atomic E-state index is 12.5. The minimum atomic E-state index is -0.552. The average Bonchev–Trinajstić information content (AvgIpc) is 3.08. The first-order valence-electron chi connectivity index (χ1n) is 11.1.